The van der Waals surface area contributed by atoms with Crippen LogP contribution >= 0.6 is 0 Å². The van der Waals surface area contributed by atoms with Crippen LogP contribution in [0.4, 0.5) is 28.4 Å². The average molecular weight is 473 g/mol. The van der Waals surface area contributed by atoms with E-state index in [4.69, 9.17) is 14.3 Å². The Morgan fingerprint density at radius 2 is 1.48 bits per heavy atom. The zero-order valence-electron chi connectivity index (χ0n) is 19.3. The summed E-state index contributed by atoms with van der Waals surface area (Å²) in [4.78, 5) is 43.4. The van der Waals surface area contributed by atoms with Crippen molar-refractivity contribution in [3.63, 3.8) is 0 Å². The average Bonchev–Trinajstić information content (AvgIpc) is 2.90. The van der Waals surface area contributed by atoms with Gasteiger partial charge in [0.1, 0.15) is 11.2 Å². The molecule has 12 heteroatoms. The van der Waals surface area contributed by atoms with E-state index in [2.05, 4.69) is 5.10 Å². The van der Waals surface area contributed by atoms with Crippen LogP contribution in [0.2, 0.25) is 0 Å². The number of nitrogens with zero attached hydrogens (tertiary/aromatic N) is 3. The summed E-state index contributed by atoms with van der Waals surface area (Å²) < 4.78 is 52.2. The Morgan fingerprint density at radius 1 is 0.970 bits per heavy atom. The predicted molar refractivity (Wildman–Crippen MR) is 111 cm³/mol. The third kappa shape index (κ3) is 5.93. The van der Waals surface area contributed by atoms with E-state index < -0.39 is 46.8 Å². The third-order valence-corrected chi connectivity index (χ3v) is 4.06. The molecule has 0 radical (unpaired) electrons. The first-order valence-corrected chi connectivity index (χ1v) is 9.86. The number of hydrogen-bond donors (Lipinski definition) is 0. The van der Waals surface area contributed by atoms with Crippen LogP contribution in [0.25, 0.3) is 0 Å². The summed E-state index contributed by atoms with van der Waals surface area (Å²) in [5, 5.41) is 3.84. The normalized spacial score (nSPS) is 19.2. The van der Waals surface area contributed by atoms with Gasteiger partial charge in [0.15, 0.2) is 5.71 Å². The van der Waals surface area contributed by atoms with Crippen LogP contribution in [0.1, 0.15) is 48.5 Å². The number of hydrogen-bond acceptors (Lipinski definition) is 7. The number of carbonyl (C=O) groups excluding carboxylic acids is 3. The summed E-state index contributed by atoms with van der Waals surface area (Å²) in [7, 11) is 0. The van der Waals surface area contributed by atoms with Crippen molar-refractivity contribution in [3.8, 4) is 0 Å². The van der Waals surface area contributed by atoms with Gasteiger partial charge in [0.2, 0.25) is 5.54 Å². The molecule has 0 aliphatic carbocycles. The highest BCUT2D eigenvalue weighted by atomic mass is 19.4. The minimum atomic E-state index is -5.18. The molecule has 1 aromatic rings. The molecular formula is C21H26F3N3O6. The molecule has 182 valence electrons. The number of alkyl halides is 3. The number of ether oxygens (including phenoxy) is 2. The molecule has 33 heavy (non-hydrogen) atoms. The van der Waals surface area contributed by atoms with Gasteiger partial charge in [0.05, 0.1) is 5.69 Å². The van der Waals surface area contributed by atoms with Gasteiger partial charge in [0.25, 0.3) is 5.91 Å². The topological polar surface area (TPSA) is 97.7 Å². The van der Waals surface area contributed by atoms with Crippen LogP contribution in [0.15, 0.2) is 35.4 Å². The van der Waals surface area contributed by atoms with E-state index in [9.17, 15) is 27.6 Å². The van der Waals surface area contributed by atoms with Crippen molar-refractivity contribution in [1.29, 1.82) is 0 Å². The van der Waals surface area contributed by atoms with E-state index in [0.29, 0.717) is 5.01 Å². The van der Waals surface area contributed by atoms with Crippen molar-refractivity contribution in [2.45, 2.75) is 71.4 Å². The van der Waals surface area contributed by atoms with Crippen molar-refractivity contribution < 1.29 is 41.9 Å². The molecule has 1 heterocycles. The molecular weight excluding hydrogens is 447 g/mol. The number of hydrazone groups is 1. The quantitative estimate of drug-likeness (QED) is 0.452. The van der Waals surface area contributed by atoms with E-state index in [1.807, 2.05) is 0 Å². The zero-order valence-corrected chi connectivity index (χ0v) is 19.3. The van der Waals surface area contributed by atoms with Gasteiger partial charge in [-0.1, -0.05) is 18.2 Å². The highest BCUT2D eigenvalue weighted by Crippen LogP contribution is 2.38. The molecule has 0 bridgehead atoms. The van der Waals surface area contributed by atoms with Crippen molar-refractivity contribution in [2.24, 2.45) is 5.10 Å². The highest BCUT2D eigenvalue weighted by Gasteiger charge is 2.65. The number of carbonyl (C=O) groups is 3. The lowest BCUT2D eigenvalue weighted by Gasteiger charge is -2.36. The fourth-order valence-electron chi connectivity index (χ4n) is 2.77. The second-order valence-electron chi connectivity index (χ2n) is 9.30. The van der Waals surface area contributed by atoms with Gasteiger partial charge in [-0.05, 0) is 60.6 Å². The fourth-order valence-corrected chi connectivity index (χ4v) is 2.77. The number of anilines is 1. The van der Waals surface area contributed by atoms with Crippen molar-refractivity contribution in [2.75, 3.05) is 5.01 Å². The van der Waals surface area contributed by atoms with Crippen LogP contribution in [0, 0.1) is 0 Å². The molecule has 0 N–H and O–H groups in total. The Kier molecular flexibility index (Phi) is 6.73. The monoisotopic (exact) mass is 473 g/mol. The molecule has 0 saturated carbocycles. The summed E-state index contributed by atoms with van der Waals surface area (Å²) in [5.74, 6) is -1.30. The van der Waals surface area contributed by atoms with Crippen molar-refractivity contribution in [3.05, 3.63) is 30.3 Å². The summed E-state index contributed by atoms with van der Waals surface area (Å²) >= 11 is 0. The maximum atomic E-state index is 14.0. The molecule has 0 fully saturated rings. The Hall–Kier alpha value is -3.31. The van der Waals surface area contributed by atoms with Crippen molar-refractivity contribution in [1.82, 2.24) is 5.06 Å². The molecule has 1 aliphatic rings. The van der Waals surface area contributed by atoms with E-state index in [1.165, 1.54) is 65.8 Å². The largest absolute Gasteiger partial charge is 0.534 e. The Bertz CT molecular complexity index is 951. The molecule has 2 rings (SSSR count). The molecule has 0 aromatic heterocycles. The Labute approximate surface area is 189 Å². The van der Waals surface area contributed by atoms with Crippen LogP contribution in [0.5, 0.6) is 0 Å². The van der Waals surface area contributed by atoms with E-state index in [0.717, 1.165) is 6.92 Å². The van der Waals surface area contributed by atoms with Gasteiger partial charge in [0, 0.05) is 0 Å². The molecule has 1 aliphatic heterocycles. The van der Waals surface area contributed by atoms with Crippen LogP contribution in [-0.4, -0.2) is 51.8 Å². The first-order valence-electron chi connectivity index (χ1n) is 9.86. The molecule has 1 unspecified atom stereocenters. The highest BCUT2D eigenvalue weighted by molar-refractivity contribution is 6.25. The second-order valence-corrected chi connectivity index (χ2v) is 9.30. The van der Waals surface area contributed by atoms with E-state index in [1.54, 1.807) is 6.07 Å². The standard InChI is InChI=1S/C21H26F3N3O6/c1-18(2,3)31-16(29)27(33-17(30)32-19(4,5)6)20(7)14(21(22,23)24)25-26(15(20)28)13-11-9-8-10-12-13/h8-12H,1-7H3. The molecule has 0 spiro atoms. The lowest BCUT2D eigenvalue weighted by molar-refractivity contribution is -0.176. The lowest BCUT2D eigenvalue weighted by atomic mass is 9.94. The Balaban J connectivity index is 2.61. The molecule has 1 aromatic carbocycles. The summed E-state index contributed by atoms with van der Waals surface area (Å²) in [6, 6.07) is 7.28. The second kappa shape index (κ2) is 8.56. The summed E-state index contributed by atoms with van der Waals surface area (Å²) in [5.41, 5.74) is -6.88. The number of hydroxylamine groups is 2. The first-order chi connectivity index (χ1) is 14.9. The Morgan fingerprint density at radius 3 is 1.94 bits per heavy atom. The molecule has 9 nitrogen and oxygen atoms in total. The predicted octanol–water partition coefficient (Wildman–Crippen LogP) is 4.81. The van der Waals surface area contributed by atoms with Gasteiger partial charge in [-0.15, -0.1) is 5.06 Å². The summed E-state index contributed by atoms with van der Waals surface area (Å²) in [6.45, 7) is 9.55. The van der Waals surface area contributed by atoms with Crippen LogP contribution in [0.3, 0.4) is 0 Å². The minimum Gasteiger partial charge on any atom is -0.442 e. The van der Waals surface area contributed by atoms with Gasteiger partial charge < -0.3 is 9.47 Å². The number of amides is 2. The molecule has 1 atom stereocenters. The van der Waals surface area contributed by atoms with Gasteiger partial charge >= 0.3 is 18.4 Å². The fraction of sp³-hybridized carbons (Fsp3) is 0.524. The van der Waals surface area contributed by atoms with Gasteiger partial charge in [-0.3, -0.25) is 9.63 Å². The summed E-state index contributed by atoms with van der Waals surface area (Å²) in [6.07, 6.45) is -8.20. The first kappa shape index (κ1) is 25.9. The molecule has 0 saturated heterocycles. The zero-order chi connectivity index (χ0) is 25.4. The minimum absolute atomic E-state index is 0.00869. The van der Waals surface area contributed by atoms with Gasteiger partial charge in [-0.25, -0.2) is 9.59 Å². The lowest BCUT2D eigenvalue weighted by Crippen LogP contribution is -2.63. The maximum absolute atomic E-state index is 14.0. The third-order valence-electron chi connectivity index (χ3n) is 4.06. The number of para-hydroxylation sites is 1. The van der Waals surface area contributed by atoms with Crippen molar-refractivity contribution >= 4 is 29.6 Å². The maximum Gasteiger partial charge on any atom is 0.534 e. The van der Waals surface area contributed by atoms with Gasteiger partial charge in [-0.2, -0.15) is 23.3 Å². The number of halogens is 3. The number of rotatable bonds is 2. The van der Waals surface area contributed by atoms with Crippen LogP contribution < -0.4 is 5.01 Å². The SMILES string of the molecule is CC(C)(C)OC(=O)ON(C(=O)OC(C)(C)C)C1(C)C(=O)N(c2ccccc2)N=C1C(F)(F)F. The van der Waals surface area contributed by atoms with Crippen LogP contribution in [-0.2, 0) is 19.1 Å². The molecule has 2 amide bonds. The van der Waals surface area contributed by atoms with E-state index in [-0.39, 0.29) is 10.8 Å². The number of benzene rings is 1. The van der Waals surface area contributed by atoms with E-state index >= 15 is 0 Å². The smallest absolute Gasteiger partial charge is 0.442 e.